The van der Waals surface area contributed by atoms with E-state index in [1.807, 2.05) is 25.1 Å². The third-order valence-electron chi connectivity index (χ3n) is 3.63. The summed E-state index contributed by atoms with van der Waals surface area (Å²) in [6.45, 7) is 4.62. The smallest absolute Gasteiger partial charge is 0.328 e. The Kier molecular flexibility index (Phi) is 8.16. The van der Waals surface area contributed by atoms with Gasteiger partial charge in [-0.25, -0.2) is 4.79 Å². The average molecular weight is 371 g/mol. The molecule has 1 amide bonds. The molecule has 0 saturated carbocycles. The minimum absolute atomic E-state index is 0.0957. The van der Waals surface area contributed by atoms with Crippen molar-refractivity contribution in [2.75, 3.05) is 19.8 Å². The second-order valence-corrected chi connectivity index (χ2v) is 5.90. The molecule has 27 heavy (non-hydrogen) atoms. The zero-order chi connectivity index (χ0) is 19.5. The molecule has 0 aromatic heterocycles. The largest absolute Gasteiger partial charge is 0.494 e. The Morgan fingerprint density at radius 3 is 2.07 bits per heavy atom. The summed E-state index contributed by atoms with van der Waals surface area (Å²) in [5.74, 6) is 0.631. The van der Waals surface area contributed by atoms with Crippen molar-refractivity contribution in [2.24, 2.45) is 0 Å². The molecule has 0 fully saturated rings. The first kappa shape index (κ1) is 20.3. The molecule has 0 bridgehead atoms. The van der Waals surface area contributed by atoms with Gasteiger partial charge in [-0.2, -0.15) is 0 Å². The van der Waals surface area contributed by atoms with Crippen LogP contribution in [0.2, 0.25) is 0 Å². The summed E-state index contributed by atoms with van der Waals surface area (Å²) in [6.07, 6.45) is 0.952. The maximum atomic E-state index is 12.0. The van der Waals surface area contributed by atoms with Crippen molar-refractivity contribution in [2.45, 2.75) is 26.3 Å². The van der Waals surface area contributed by atoms with E-state index in [1.54, 1.807) is 43.3 Å². The summed E-state index contributed by atoms with van der Waals surface area (Å²) in [7, 11) is 0. The van der Waals surface area contributed by atoms with Gasteiger partial charge < -0.3 is 19.5 Å². The van der Waals surface area contributed by atoms with Crippen LogP contribution in [0.4, 0.5) is 0 Å². The van der Waals surface area contributed by atoms with Gasteiger partial charge in [0.25, 0.3) is 5.91 Å². The minimum atomic E-state index is -0.743. The fraction of sp³-hybridized carbons (Fsp3) is 0.333. The molecule has 0 aliphatic carbocycles. The molecule has 0 heterocycles. The van der Waals surface area contributed by atoms with E-state index in [4.69, 9.17) is 14.2 Å². The number of nitrogens with one attached hydrogen (secondary N) is 1. The van der Waals surface area contributed by atoms with Crippen LogP contribution in [0.15, 0.2) is 54.6 Å². The highest BCUT2D eigenvalue weighted by molar-refractivity contribution is 5.96. The van der Waals surface area contributed by atoms with Gasteiger partial charge >= 0.3 is 5.97 Å². The van der Waals surface area contributed by atoms with Crippen molar-refractivity contribution in [3.05, 3.63) is 60.2 Å². The van der Waals surface area contributed by atoms with Crippen LogP contribution < -0.4 is 14.8 Å². The standard InChI is InChI=1S/C21H25NO5/c1-3-13-25-18-9-11-19(12-10-18)26-14-15-27-21(24)16(2)22-20(23)17-7-5-4-6-8-17/h4-12,16H,3,13-15H2,1-2H3,(H,22,23). The summed E-state index contributed by atoms with van der Waals surface area (Å²) >= 11 is 0. The number of hydrogen-bond acceptors (Lipinski definition) is 5. The Labute approximate surface area is 159 Å². The molecule has 1 atom stereocenters. The second-order valence-electron chi connectivity index (χ2n) is 5.90. The van der Waals surface area contributed by atoms with Crippen LogP contribution in [0.5, 0.6) is 11.5 Å². The zero-order valence-corrected chi connectivity index (χ0v) is 15.6. The lowest BCUT2D eigenvalue weighted by atomic mass is 10.2. The third-order valence-corrected chi connectivity index (χ3v) is 3.63. The Bertz CT molecular complexity index is 715. The van der Waals surface area contributed by atoms with Crippen molar-refractivity contribution >= 4 is 11.9 Å². The number of hydrogen-bond donors (Lipinski definition) is 1. The van der Waals surface area contributed by atoms with Gasteiger partial charge in [0.15, 0.2) is 0 Å². The van der Waals surface area contributed by atoms with Crippen LogP contribution >= 0.6 is 0 Å². The fourth-order valence-corrected chi connectivity index (χ4v) is 2.21. The number of carbonyl (C=O) groups is 2. The SMILES string of the molecule is CCCOc1ccc(OCCOC(=O)C(C)NC(=O)c2ccccc2)cc1. The number of carbonyl (C=O) groups excluding carboxylic acids is 2. The van der Waals surface area contributed by atoms with E-state index in [0.29, 0.717) is 17.9 Å². The number of rotatable bonds is 10. The molecule has 0 aliphatic rings. The topological polar surface area (TPSA) is 73.9 Å². The van der Waals surface area contributed by atoms with Crippen molar-refractivity contribution in [3.8, 4) is 11.5 Å². The van der Waals surface area contributed by atoms with Crippen molar-refractivity contribution in [3.63, 3.8) is 0 Å². The van der Waals surface area contributed by atoms with Gasteiger partial charge in [-0.15, -0.1) is 0 Å². The first-order valence-corrected chi connectivity index (χ1v) is 8.98. The molecule has 6 nitrogen and oxygen atoms in total. The molecule has 0 spiro atoms. The second kappa shape index (κ2) is 10.9. The highest BCUT2D eigenvalue weighted by atomic mass is 16.6. The van der Waals surface area contributed by atoms with Crippen LogP contribution in [0.25, 0.3) is 0 Å². The van der Waals surface area contributed by atoms with Crippen molar-refractivity contribution < 1.29 is 23.8 Å². The first-order chi connectivity index (χ1) is 13.1. The Morgan fingerprint density at radius 2 is 1.48 bits per heavy atom. The lowest BCUT2D eigenvalue weighted by molar-refractivity contribution is -0.146. The maximum Gasteiger partial charge on any atom is 0.328 e. The molecule has 2 rings (SSSR count). The van der Waals surface area contributed by atoms with Crippen LogP contribution in [-0.4, -0.2) is 37.7 Å². The van der Waals surface area contributed by atoms with Gasteiger partial charge in [-0.1, -0.05) is 25.1 Å². The van der Waals surface area contributed by atoms with Crippen LogP contribution in [0, 0.1) is 0 Å². The zero-order valence-electron chi connectivity index (χ0n) is 15.6. The molecule has 0 radical (unpaired) electrons. The molecule has 6 heteroatoms. The average Bonchev–Trinajstić information content (AvgIpc) is 2.70. The highest BCUT2D eigenvalue weighted by Gasteiger charge is 2.17. The lowest BCUT2D eigenvalue weighted by Crippen LogP contribution is -2.39. The predicted molar refractivity (Wildman–Crippen MR) is 102 cm³/mol. The molecule has 2 aromatic carbocycles. The van der Waals surface area contributed by atoms with E-state index in [9.17, 15) is 9.59 Å². The van der Waals surface area contributed by atoms with E-state index in [-0.39, 0.29) is 19.1 Å². The molecule has 2 aromatic rings. The number of benzene rings is 2. The van der Waals surface area contributed by atoms with E-state index < -0.39 is 12.0 Å². The monoisotopic (exact) mass is 371 g/mol. The molecule has 144 valence electrons. The first-order valence-electron chi connectivity index (χ1n) is 8.98. The van der Waals surface area contributed by atoms with Crippen molar-refractivity contribution in [1.82, 2.24) is 5.32 Å². The van der Waals surface area contributed by atoms with Crippen LogP contribution in [0.1, 0.15) is 30.6 Å². The number of esters is 1. The molecular weight excluding hydrogens is 346 g/mol. The van der Waals surface area contributed by atoms with Gasteiger partial charge in [-0.3, -0.25) is 4.79 Å². The Morgan fingerprint density at radius 1 is 0.889 bits per heavy atom. The number of ether oxygens (including phenoxy) is 3. The van der Waals surface area contributed by atoms with Gasteiger partial charge in [0.05, 0.1) is 6.61 Å². The van der Waals surface area contributed by atoms with Gasteiger partial charge in [0.2, 0.25) is 0 Å². The van der Waals surface area contributed by atoms with Gasteiger partial charge in [-0.05, 0) is 49.7 Å². The van der Waals surface area contributed by atoms with Crippen molar-refractivity contribution in [1.29, 1.82) is 0 Å². The predicted octanol–water partition coefficient (Wildman–Crippen LogP) is 3.22. The highest BCUT2D eigenvalue weighted by Crippen LogP contribution is 2.17. The Hall–Kier alpha value is -3.02. The Balaban J connectivity index is 1.67. The van der Waals surface area contributed by atoms with E-state index in [0.717, 1.165) is 12.2 Å². The van der Waals surface area contributed by atoms with E-state index >= 15 is 0 Å². The third kappa shape index (κ3) is 7.01. The van der Waals surface area contributed by atoms with E-state index in [1.165, 1.54) is 0 Å². The number of amides is 1. The molecule has 1 N–H and O–H groups in total. The van der Waals surface area contributed by atoms with Gasteiger partial charge in [0, 0.05) is 5.56 Å². The maximum absolute atomic E-state index is 12.0. The van der Waals surface area contributed by atoms with Crippen LogP contribution in [0.3, 0.4) is 0 Å². The van der Waals surface area contributed by atoms with Gasteiger partial charge in [0.1, 0.15) is 30.8 Å². The summed E-state index contributed by atoms with van der Waals surface area (Å²) in [6, 6.07) is 15.2. The molecule has 0 aliphatic heterocycles. The summed E-state index contributed by atoms with van der Waals surface area (Å²) in [5.41, 5.74) is 0.492. The lowest BCUT2D eigenvalue weighted by Gasteiger charge is -2.14. The quantitative estimate of drug-likeness (QED) is 0.513. The summed E-state index contributed by atoms with van der Waals surface area (Å²) in [5, 5.41) is 2.61. The summed E-state index contributed by atoms with van der Waals surface area (Å²) in [4.78, 5) is 24.0. The molecule has 1 unspecified atom stereocenters. The normalized spacial score (nSPS) is 11.3. The van der Waals surface area contributed by atoms with E-state index in [2.05, 4.69) is 5.32 Å². The van der Waals surface area contributed by atoms with Crippen LogP contribution in [-0.2, 0) is 9.53 Å². The minimum Gasteiger partial charge on any atom is -0.494 e. The molecular formula is C21H25NO5. The fourth-order valence-electron chi connectivity index (χ4n) is 2.21. The molecule has 0 saturated heterocycles. The summed E-state index contributed by atoms with van der Waals surface area (Å²) < 4.78 is 16.2.